The van der Waals surface area contributed by atoms with Gasteiger partial charge >= 0.3 is 0 Å². The van der Waals surface area contributed by atoms with Gasteiger partial charge in [0.05, 0.1) is 0 Å². The Morgan fingerprint density at radius 3 is 2.78 bits per heavy atom. The molecule has 2 N–H and O–H groups in total. The minimum absolute atomic E-state index is 0.962. The van der Waals surface area contributed by atoms with Crippen LogP contribution in [0.15, 0.2) is 0 Å². The van der Waals surface area contributed by atoms with Crippen molar-refractivity contribution in [2.75, 3.05) is 26.2 Å². The lowest BCUT2D eigenvalue weighted by Crippen LogP contribution is -2.43. The number of nitrogens with one attached hydrogen (secondary N) is 2. The molecule has 0 saturated carbocycles. The summed E-state index contributed by atoms with van der Waals surface area (Å²) in [5.74, 6) is 0.962. The first kappa shape index (κ1) is 7.03. The van der Waals surface area contributed by atoms with Gasteiger partial charge in [-0.05, 0) is 38.5 Å². The normalized spacial score (nSPS) is 19.7. The zero-order chi connectivity index (χ0) is 6.53. The number of rotatable bonds is 4. The molecule has 9 heavy (non-hydrogen) atoms. The molecule has 1 aliphatic heterocycles. The van der Waals surface area contributed by atoms with Gasteiger partial charge in [0.2, 0.25) is 0 Å². The van der Waals surface area contributed by atoms with Crippen LogP contribution in [0.2, 0.25) is 0 Å². The van der Waals surface area contributed by atoms with Crippen LogP contribution >= 0.6 is 0 Å². The average Bonchev–Trinajstić information content (AvgIpc) is 1.76. The quantitative estimate of drug-likeness (QED) is 0.529. The average molecular weight is 128 g/mol. The number of hydrogen-bond acceptors (Lipinski definition) is 2. The van der Waals surface area contributed by atoms with Crippen molar-refractivity contribution in [2.24, 2.45) is 5.92 Å². The summed E-state index contributed by atoms with van der Waals surface area (Å²) < 4.78 is 0. The molecule has 1 aliphatic rings. The van der Waals surface area contributed by atoms with Crippen LogP contribution in [0, 0.1) is 5.92 Å². The Balaban J connectivity index is 1.80. The molecule has 0 aromatic carbocycles. The highest BCUT2D eigenvalue weighted by molar-refractivity contribution is 4.74. The summed E-state index contributed by atoms with van der Waals surface area (Å²) in [5, 5.41) is 6.58. The van der Waals surface area contributed by atoms with Gasteiger partial charge in [-0.1, -0.05) is 6.92 Å². The molecule has 2 nitrogen and oxygen atoms in total. The van der Waals surface area contributed by atoms with E-state index in [1.165, 1.54) is 26.1 Å². The summed E-state index contributed by atoms with van der Waals surface area (Å²) in [4.78, 5) is 0. The first-order valence-electron chi connectivity index (χ1n) is 3.85. The summed E-state index contributed by atoms with van der Waals surface area (Å²) >= 11 is 0. The Kier molecular flexibility index (Phi) is 3.01. The fourth-order valence-corrected chi connectivity index (χ4v) is 1.04. The smallest absolute Gasteiger partial charge is 0.000778 e. The molecule has 0 spiro atoms. The first-order valence-corrected chi connectivity index (χ1v) is 3.85. The van der Waals surface area contributed by atoms with Crippen molar-refractivity contribution in [3.05, 3.63) is 0 Å². The van der Waals surface area contributed by atoms with Gasteiger partial charge in [-0.25, -0.2) is 0 Å². The second-order valence-electron chi connectivity index (χ2n) is 2.67. The summed E-state index contributed by atoms with van der Waals surface area (Å²) in [7, 11) is 0. The molecule has 0 radical (unpaired) electrons. The maximum absolute atomic E-state index is 3.32. The van der Waals surface area contributed by atoms with Gasteiger partial charge in [0.15, 0.2) is 0 Å². The van der Waals surface area contributed by atoms with E-state index < -0.39 is 0 Å². The van der Waals surface area contributed by atoms with E-state index in [4.69, 9.17) is 0 Å². The highest BCUT2D eigenvalue weighted by atomic mass is 15.0. The maximum atomic E-state index is 3.32. The largest absolute Gasteiger partial charge is 0.317 e. The summed E-state index contributed by atoms with van der Waals surface area (Å²) in [6.07, 6.45) is 1.35. The predicted octanol–water partition coefficient (Wildman–Crippen LogP) is 0.205. The third-order valence-electron chi connectivity index (χ3n) is 1.85. The fraction of sp³-hybridized carbons (Fsp3) is 1.00. The predicted molar refractivity (Wildman–Crippen MR) is 39.5 cm³/mol. The van der Waals surface area contributed by atoms with Crippen molar-refractivity contribution < 1.29 is 0 Å². The Morgan fingerprint density at radius 1 is 1.56 bits per heavy atom. The SMILES string of the molecule is CCNCCC1CNC1. The van der Waals surface area contributed by atoms with Crippen LogP contribution in [-0.2, 0) is 0 Å². The van der Waals surface area contributed by atoms with E-state index in [1.807, 2.05) is 0 Å². The Morgan fingerprint density at radius 2 is 2.33 bits per heavy atom. The molecular weight excluding hydrogens is 112 g/mol. The van der Waals surface area contributed by atoms with Crippen molar-refractivity contribution in [3.8, 4) is 0 Å². The van der Waals surface area contributed by atoms with Crippen LogP contribution in [-0.4, -0.2) is 26.2 Å². The lowest BCUT2D eigenvalue weighted by molar-refractivity contribution is 0.323. The van der Waals surface area contributed by atoms with Crippen LogP contribution in [0.4, 0.5) is 0 Å². The second kappa shape index (κ2) is 3.85. The lowest BCUT2D eigenvalue weighted by atomic mass is 10.00. The van der Waals surface area contributed by atoms with Gasteiger partial charge in [-0.2, -0.15) is 0 Å². The van der Waals surface area contributed by atoms with Gasteiger partial charge in [0.1, 0.15) is 0 Å². The summed E-state index contributed by atoms with van der Waals surface area (Å²) in [6.45, 7) is 6.94. The minimum Gasteiger partial charge on any atom is -0.317 e. The van der Waals surface area contributed by atoms with Crippen molar-refractivity contribution in [1.82, 2.24) is 10.6 Å². The molecule has 54 valence electrons. The van der Waals surface area contributed by atoms with E-state index >= 15 is 0 Å². The molecular formula is C7H16N2. The zero-order valence-corrected chi connectivity index (χ0v) is 6.11. The van der Waals surface area contributed by atoms with Crippen LogP contribution in [0.1, 0.15) is 13.3 Å². The zero-order valence-electron chi connectivity index (χ0n) is 6.11. The summed E-state index contributed by atoms with van der Waals surface area (Å²) in [5.41, 5.74) is 0. The van der Waals surface area contributed by atoms with Gasteiger partial charge in [-0.15, -0.1) is 0 Å². The Labute approximate surface area is 57.0 Å². The van der Waals surface area contributed by atoms with Gasteiger partial charge in [0, 0.05) is 0 Å². The molecule has 1 rings (SSSR count). The monoisotopic (exact) mass is 128 g/mol. The highest BCUT2D eigenvalue weighted by Crippen LogP contribution is 2.05. The van der Waals surface area contributed by atoms with Crippen LogP contribution in [0.25, 0.3) is 0 Å². The molecule has 0 aromatic heterocycles. The van der Waals surface area contributed by atoms with E-state index in [0.717, 1.165) is 12.5 Å². The molecule has 1 saturated heterocycles. The molecule has 0 amide bonds. The second-order valence-corrected chi connectivity index (χ2v) is 2.67. The third-order valence-corrected chi connectivity index (χ3v) is 1.85. The van der Waals surface area contributed by atoms with E-state index in [-0.39, 0.29) is 0 Å². The molecule has 0 atom stereocenters. The molecule has 0 bridgehead atoms. The van der Waals surface area contributed by atoms with E-state index in [1.54, 1.807) is 0 Å². The van der Waals surface area contributed by atoms with Crippen molar-refractivity contribution in [3.63, 3.8) is 0 Å². The number of hydrogen-bond donors (Lipinski definition) is 2. The first-order chi connectivity index (χ1) is 4.43. The molecule has 1 heterocycles. The van der Waals surface area contributed by atoms with Crippen LogP contribution < -0.4 is 10.6 Å². The molecule has 2 heteroatoms. The highest BCUT2D eigenvalue weighted by Gasteiger charge is 2.14. The van der Waals surface area contributed by atoms with E-state index in [9.17, 15) is 0 Å². The molecule has 0 aromatic rings. The molecule has 0 unspecified atom stereocenters. The van der Waals surface area contributed by atoms with Gasteiger partial charge in [0.25, 0.3) is 0 Å². The Bertz CT molecular complexity index is 69.3. The van der Waals surface area contributed by atoms with Gasteiger partial charge in [-0.3, -0.25) is 0 Å². The molecule has 1 fully saturated rings. The van der Waals surface area contributed by atoms with Crippen molar-refractivity contribution in [1.29, 1.82) is 0 Å². The fourth-order valence-electron chi connectivity index (χ4n) is 1.04. The van der Waals surface area contributed by atoms with Crippen LogP contribution in [0.3, 0.4) is 0 Å². The topological polar surface area (TPSA) is 24.1 Å². The van der Waals surface area contributed by atoms with E-state index in [2.05, 4.69) is 17.6 Å². The van der Waals surface area contributed by atoms with Gasteiger partial charge < -0.3 is 10.6 Å². The van der Waals surface area contributed by atoms with Crippen molar-refractivity contribution >= 4 is 0 Å². The standard InChI is InChI=1S/C7H16N2/c1-2-8-4-3-7-5-9-6-7/h7-9H,2-6H2,1H3. The minimum atomic E-state index is 0.962. The Hall–Kier alpha value is -0.0800. The van der Waals surface area contributed by atoms with E-state index in [0.29, 0.717) is 0 Å². The summed E-state index contributed by atoms with van der Waals surface area (Å²) in [6, 6.07) is 0. The lowest BCUT2D eigenvalue weighted by Gasteiger charge is -2.26. The third kappa shape index (κ3) is 2.33. The van der Waals surface area contributed by atoms with Crippen LogP contribution in [0.5, 0.6) is 0 Å². The maximum Gasteiger partial charge on any atom is -0.000778 e. The van der Waals surface area contributed by atoms with Crippen molar-refractivity contribution in [2.45, 2.75) is 13.3 Å². The molecule has 0 aliphatic carbocycles.